The molecule has 1 aromatic rings. The number of ether oxygens (including phenoxy) is 2. The van der Waals surface area contributed by atoms with Crippen molar-refractivity contribution in [2.24, 2.45) is 5.92 Å². The lowest BCUT2D eigenvalue weighted by Crippen LogP contribution is -2.39. The maximum atomic E-state index is 5.85. The fourth-order valence-electron chi connectivity index (χ4n) is 2.62. The van der Waals surface area contributed by atoms with Gasteiger partial charge in [-0.3, -0.25) is 4.90 Å². The highest BCUT2D eigenvalue weighted by atomic mass is 16.5. The molecule has 1 aliphatic heterocycles. The van der Waals surface area contributed by atoms with Crippen molar-refractivity contribution in [2.45, 2.75) is 12.8 Å². The molecule has 4 nitrogen and oxygen atoms in total. The lowest BCUT2D eigenvalue weighted by atomic mass is 9.99. The minimum Gasteiger partial charge on any atom is -0.490 e. The van der Waals surface area contributed by atoms with Gasteiger partial charge in [0.05, 0.1) is 12.3 Å². The average Bonchev–Trinajstić information content (AvgIpc) is 2.42. The second-order valence-corrected chi connectivity index (χ2v) is 5.15. The van der Waals surface area contributed by atoms with Gasteiger partial charge in [0.2, 0.25) is 0 Å². The van der Waals surface area contributed by atoms with E-state index in [1.807, 2.05) is 24.3 Å². The maximum Gasteiger partial charge on any atom is 0.142 e. The normalized spacial score (nSPS) is 20.4. The first-order chi connectivity index (χ1) is 9.29. The van der Waals surface area contributed by atoms with E-state index in [4.69, 9.17) is 15.2 Å². The zero-order valence-corrected chi connectivity index (χ0v) is 11.7. The number of nitrogens with zero attached hydrogens (tertiary/aromatic N) is 1. The summed E-state index contributed by atoms with van der Waals surface area (Å²) in [7, 11) is 1.78. The summed E-state index contributed by atoms with van der Waals surface area (Å²) >= 11 is 0. The number of hydrogen-bond donors (Lipinski definition) is 1. The highest BCUT2D eigenvalue weighted by Gasteiger charge is 2.19. The summed E-state index contributed by atoms with van der Waals surface area (Å²) in [5.74, 6) is 1.45. The van der Waals surface area contributed by atoms with Crippen LogP contribution in [0, 0.1) is 5.92 Å². The Kier molecular flexibility index (Phi) is 5.48. The SMILES string of the molecule is COCC1CCCN(CCOc2ccccc2N)C1. The molecule has 1 fully saturated rings. The summed E-state index contributed by atoms with van der Waals surface area (Å²) in [5.41, 5.74) is 6.55. The number of anilines is 1. The predicted octanol–water partition coefficient (Wildman–Crippen LogP) is 2.01. The molecule has 0 saturated carbocycles. The molecular weight excluding hydrogens is 240 g/mol. The third kappa shape index (κ3) is 4.40. The Morgan fingerprint density at radius 2 is 2.21 bits per heavy atom. The van der Waals surface area contributed by atoms with Crippen LogP contribution in [0.25, 0.3) is 0 Å². The summed E-state index contributed by atoms with van der Waals surface area (Å²) in [6.07, 6.45) is 2.53. The molecule has 1 heterocycles. The van der Waals surface area contributed by atoms with Gasteiger partial charge in [0, 0.05) is 20.2 Å². The van der Waals surface area contributed by atoms with E-state index in [1.165, 1.54) is 12.8 Å². The Bertz CT molecular complexity index is 382. The smallest absolute Gasteiger partial charge is 0.142 e. The van der Waals surface area contributed by atoms with Gasteiger partial charge < -0.3 is 15.2 Å². The Hall–Kier alpha value is -1.26. The van der Waals surface area contributed by atoms with Gasteiger partial charge in [-0.2, -0.15) is 0 Å². The Balaban J connectivity index is 1.72. The summed E-state index contributed by atoms with van der Waals surface area (Å²) in [6.45, 7) is 4.78. The van der Waals surface area contributed by atoms with E-state index in [1.54, 1.807) is 7.11 Å². The minimum atomic E-state index is 0.667. The van der Waals surface area contributed by atoms with Crippen molar-refractivity contribution in [2.75, 3.05) is 45.7 Å². The summed E-state index contributed by atoms with van der Waals surface area (Å²) in [4.78, 5) is 2.45. The third-order valence-electron chi connectivity index (χ3n) is 3.59. The molecule has 0 bridgehead atoms. The molecule has 0 amide bonds. The van der Waals surface area contributed by atoms with Crippen LogP contribution in [0.5, 0.6) is 5.75 Å². The monoisotopic (exact) mass is 264 g/mol. The lowest BCUT2D eigenvalue weighted by Gasteiger charge is -2.32. The van der Waals surface area contributed by atoms with Gasteiger partial charge in [-0.1, -0.05) is 12.1 Å². The van der Waals surface area contributed by atoms with Crippen molar-refractivity contribution in [1.29, 1.82) is 0 Å². The van der Waals surface area contributed by atoms with Crippen molar-refractivity contribution in [3.05, 3.63) is 24.3 Å². The van der Waals surface area contributed by atoms with E-state index in [0.29, 0.717) is 18.2 Å². The molecule has 1 atom stereocenters. The second kappa shape index (κ2) is 7.36. The van der Waals surface area contributed by atoms with Crippen LogP contribution in [0.1, 0.15) is 12.8 Å². The summed E-state index contributed by atoms with van der Waals surface area (Å²) in [6, 6.07) is 7.65. The molecule has 0 aromatic heterocycles. The predicted molar refractivity (Wildman–Crippen MR) is 77.4 cm³/mol. The number of benzene rings is 1. The Morgan fingerprint density at radius 3 is 3.00 bits per heavy atom. The van der Waals surface area contributed by atoms with E-state index in [0.717, 1.165) is 32.0 Å². The van der Waals surface area contributed by atoms with Crippen molar-refractivity contribution in [3.63, 3.8) is 0 Å². The molecule has 2 rings (SSSR count). The zero-order valence-electron chi connectivity index (χ0n) is 11.7. The number of nitrogens with two attached hydrogens (primary N) is 1. The molecule has 0 aliphatic carbocycles. The van der Waals surface area contributed by atoms with E-state index in [-0.39, 0.29) is 0 Å². The van der Waals surface area contributed by atoms with Crippen molar-refractivity contribution < 1.29 is 9.47 Å². The van der Waals surface area contributed by atoms with Crippen LogP contribution in [0.4, 0.5) is 5.69 Å². The number of para-hydroxylation sites is 2. The molecule has 1 aromatic carbocycles. The highest BCUT2D eigenvalue weighted by Crippen LogP contribution is 2.20. The molecule has 0 spiro atoms. The molecular formula is C15H24N2O2. The number of likely N-dealkylation sites (tertiary alicyclic amines) is 1. The molecule has 1 saturated heterocycles. The van der Waals surface area contributed by atoms with Crippen LogP contribution >= 0.6 is 0 Å². The molecule has 1 unspecified atom stereocenters. The Morgan fingerprint density at radius 1 is 1.37 bits per heavy atom. The first-order valence-electron chi connectivity index (χ1n) is 6.98. The summed E-state index contributed by atoms with van der Waals surface area (Å²) < 4.78 is 11.0. The van der Waals surface area contributed by atoms with Crippen LogP contribution in [0.2, 0.25) is 0 Å². The standard InChI is InChI=1S/C15H24N2O2/c1-18-12-13-5-4-8-17(11-13)9-10-19-15-7-3-2-6-14(15)16/h2-3,6-7,13H,4-5,8-12,16H2,1H3. The Labute approximate surface area is 115 Å². The van der Waals surface area contributed by atoms with Crippen molar-refractivity contribution in [1.82, 2.24) is 4.90 Å². The van der Waals surface area contributed by atoms with Crippen LogP contribution in [0.3, 0.4) is 0 Å². The first kappa shape index (κ1) is 14.2. The van der Waals surface area contributed by atoms with Crippen LogP contribution in [-0.2, 0) is 4.74 Å². The first-order valence-corrected chi connectivity index (χ1v) is 6.98. The van der Waals surface area contributed by atoms with Crippen molar-refractivity contribution >= 4 is 5.69 Å². The topological polar surface area (TPSA) is 47.7 Å². The molecule has 19 heavy (non-hydrogen) atoms. The van der Waals surface area contributed by atoms with Gasteiger partial charge in [-0.25, -0.2) is 0 Å². The molecule has 1 aliphatic rings. The van der Waals surface area contributed by atoms with E-state index >= 15 is 0 Å². The fourth-order valence-corrected chi connectivity index (χ4v) is 2.62. The number of methoxy groups -OCH3 is 1. The summed E-state index contributed by atoms with van der Waals surface area (Å²) in [5, 5.41) is 0. The number of nitrogen functional groups attached to an aromatic ring is 1. The number of hydrogen-bond acceptors (Lipinski definition) is 4. The van der Waals surface area contributed by atoms with E-state index < -0.39 is 0 Å². The lowest BCUT2D eigenvalue weighted by molar-refractivity contribution is 0.0833. The van der Waals surface area contributed by atoms with Gasteiger partial charge in [0.15, 0.2) is 0 Å². The maximum absolute atomic E-state index is 5.85. The minimum absolute atomic E-state index is 0.667. The third-order valence-corrected chi connectivity index (χ3v) is 3.59. The van der Waals surface area contributed by atoms with Crippen LogP contribution in [-0.4, -0.2) is 44.9 Å². The molecule has 4 heteroatoms. The zero-order chi connectivity index (χ0) is 13.5. The van der Waals surface area contributed by atoms with Crippen molar-refractivity contribution in [3.8, 4) is 5.75 Å². The van der Waals surface area contributed by atoms with Gasteiger partial charge in [0.25, 0.3) is 0 Å². The number of rotatable bonds is 6. The van der Waals surface area contributed by atoms with E-state index in [2.05, 4.69) is 4.90 Å². The molecule has 106 valence electrons. The fraction of sp³-hybridized carbons (Fsp3) is 0.600. The number of piperidine rings is 1. The van der Waals surface area contributed by atoms with Crippen LogP contribution in [0.15, 0.2) is 24.3 Å². The van der Waals surface area contributed by atoms with Gasteiger partial charge >= 0.3 is 0 Å². The quantitative estimate of drug-likeness (QED) is 0.798. The highest BCUT2D eigenvalue weighted by molar-refractivity contribution is 5.51. The van der Waals surface area contributed by atoms with Gasteiger partial charge in [-0.15, -0.1) is 0 Å². The average molecular weight is 264 g/mol. The second-order valence-electron chi connectivity index (χ2n) is 5.15. The molecule has 0 radical (unpaired) electrons. The van der Waals surface area contributed by atoms with Gasteiger partial charge in [-0.05, 0) is 37.4 Å². The van der Waals surface area contributed by atoms with Gasteiger partial charge in [0.1, 0.15) is 12.4 Å². The van der Waals surface area contributed by atoms with E-state index in [9.17, 15) is 0 Å². The molecule has 2 N–H and O–H groups in total. The largest absolute Gasteiger partial charge is 0.490 e. The van der Waals surface area contributed by atoms with Crippen LogP contribution < -0.4 is 10.5 Å².